The number of nitrogens with two attached hydrogens (primary N) is 1. The van der Waals surface area contributed by atoms with Crippen LogP contribution in [0.4, 0.5) is 11.4 Å². The monoisotopic (exact) mass is 344 g/mol. The fourth-order valence-electron chi connectivity index (χ4n) is 2.79. The van der Waals surface area contributed by atoms with Crippen molar-refractivity contribution in [3.63, 3.8) is 0 Å². The van der Waals surface area contributed by atoms with E-state index in [2.05, 4.69) is 5.32 Å². The van der Waals surface area contributed by atoms with Crippen LogP contribution in [0.15, 0.2) is 78.2 Å². The zero-order valence-electron chi connectivity index (χ0n) is 13.4. The first-order chi connectivity index (χ1) is 12.2. The van der Waals surface area contributed by atoms with Crippen molar-refractivity contribution in [3.8, 4) is 10.4 Å². The van der Waals surface area contributed by atoms with E-state index in [1.165, 1.54) is 0 Å². The lowest BCUT2D eigenvalue weighted by Gasteiger charge is -2.10. The highest BCUT2D eigenvalue weighted by atomic mass is 32.1. The van der Waals surface area contributed by atoms with Gasteiger partial charge in [-0.1, -0.05) is 42.5 Å². The van der Waals surface area contributed by atoms with E-state index in [-0.39, 0.29) is 5.91 Å². The first-order valence-electron chi connectivity index (χ1n) is 7.94. The second kappa shape index (κ2) is 6.42. The number of anilines is 2. The van der Waals surface area contributed by atoms with Crippen LogP contribution in [0.3, 0.4) is 0 Å². The van der Waals surface area contributed by atoms with Gasteiger partial charge < -0.3 is 11.1 Å². The topological polar surface area (TPSA) is 55.1 Å². The Kier molecular flexibility index (Phi) is 3.96. The third-order valence-electron chi connectivity index (χ3n) is 4.12. The number of carbonyl (C=O) groups excluding carboxylic acids is 1. The van der Waals surface area contributed by atoms with Crippen molar-refractivity contribution in [3.05, 3.63) is 83.7 Å². The summed E-state index contributed by atoms with van der Waals surface area (Å²) in [4.78, 5) is 13.8. The molecule has 4 heteroatoms. The van der Waals surface area contributed by atoms with E-state index in [0.29, 0.717) is 16.9 Å². The van der Waals surface area contributed by atoms with Crippen molar-refractivity contribution in [1.82, 2.24) is 0 Å². The molecule has 3 aromatic carbocycles. The van der Waals surface area contributed by atoms with Crippen LogP contribution < -0.4 is 11.1 Å². The number of fused-ring (bicyclic) bond motifs is 1. The Labute approximate surface area is 149 Å². The van der Waals surface area contributed by atoms with Gasteiger partial charge in [0.1, 0.15) is 0 Å². The van der Waals surface area contributed by atoms with Crippen LogP contribution in [0.2, 0.25) is 0 Å². The van der Waals surface area contributed by atoms with E-state index < -0.39 is 0 Å². The highest BCUT2D eigenvalue weighted by Gasteiger charge is 2.10. The van der Waals surface area contributed by atoms with Crippen LogP contribution in [0.25, 0.3) is 21.2 Å². The Morgan fingerprint density at radius 1 is 0.880 bits per heavy atom. The summed E-state index contributed by atoms with van der Waals surface area (Å²) in [6.07, 6.45) is 0. The SMILES string of the molecule is Nc1ccc(-c2cccs2)cc1NC(=O)c1ccc2ccccc2c1. The molecule has 0 fully saturated rings. The number of hydrogen-bond donors (Lipinski definition) is 2. The van der Waals surface area contributed by atoms with Gasteiger partial charge in [0.05, 0.1) is 11.4 Å². The van der Waals surface area contributed by atoms with E-state index in [4.69, 9.17) is 5.73 Å². The first kappa shape index (κ1) is 15.4. The van der Waals surface area contributed by atoms with Crippen LogP contribution in [0.1, 0.15) is 10.4 Å². The molecule has 1 amide bonds. The second-order valence-corrected chi connectivity index (χ2v) is 6.74. The maximum atomic E-state index is 12.6. The minimum atomic E-state index is -0.166. The molecule has 25 heavy (non-hydrogen) atoms. The normalized spacial score (nSPS) is 10.7. The van der Waals surface area contributed by atoms with E-state index in [1.54, 1.807) is 11.3 Å². The summed E-state index contributed by atoms with van der Waals surface area (Å²) in [5.74, 6) is -0.166. The zero-order valence-corrected chi connectivity index (χ0v) is 14.2. The van der Waals surface area contributed by atoms with Crippen molar-refractivity contribution in [2.45, 2.75) is 0 Å². The van der Waals surface area contributed by atoms with Crippen LogP contribution in [0.5, 0.6) is 0 Å². The van der Waals surface area contributed by atoms with Gasteiger partial charge in [-0.2, -0.15) is 0 Å². The van der Waals surface area contributed by atoms with Crippen molar-refractivity contribution in [2.75, 3.05) is 11.1 Å². The van der Waals surface area contributed by atoms with Crippen LogP contribution in [-0.4, -0.2) is 5.91 Å². The number of amides is 1. The molecule has 3 N–H and O–H groups in total. The van der Waals surface area contributed by atoms with Crippen molar-refractivity contribution in [2.24, 2.45) is 0 Å². The standard InChI is InChI=1S/C21H16N2OS/c22-18-10-9-16(20-6-3-11-25-20)13-19(18)23-21(24)17-8-7-14-4-1-2-5-15(14)12-17/h1-13H,22H2,(H,23,24). The summed E-state index contributed by atoms with van der Waals surface area (Å²) in [5, 5.41) is 7.11. The number of nitrogens with one attached hydrogen (secondary N) is 1. The van der Waals surface area contributed by atoms with Crippen LogP contribution in [0, 0.1) is 0 Å². The minimum absolute atomic E-state index is 0.166. The average Bonchev–Trinajstić information content (AvgIpc) is 3.18. The fourth-order valence-corrected chi connectivity index (χ4v) is 3.51. The summed E-state index contributed by atoms with van der Waals surface area (Å²) in [5.41, 5.74) is 8.88. The molecule has 4 aromatic rings. The second-order valence-electron chi connectivity index (χ2n) is 5.80. The average molecular weight is 344 g/mol. The molecule has 0 aliphatic carbocycles. The maximum Gasteiger partial charge on any atom is 0.255 e. The van der Waals surface area contributed by atoms with Crippen LogP contribution >= 0.6 is 11.3 Å². The van der Waals surface area contributed by atoms with E-state index in [1.807, 2.05) is 78.2 Å². The predicted octanol–water partition coefficient (Wildman–Crippen LogP) is 5.40. The molecule has 1 aromatic heterocycles. The van der Waals surface area contributed by atoms with Gasteiger partial charge in [0.2, 0.25) is 0 Å². The molecule has 0 radical (unpaired) electrons. The van der Waals surface area contributed by atoms with Crippen LogP contribution in [-0.2, 0) is 0 Å². The number of thiophene rings is 1. The third-order valence-corrected chi connectivity index (χ3v) is 5.04. The van der Waals surface area contributed by atoms with Gasteiger partial charge >= 0.3 is 0 Å². The molecule has 0 saturated carbocycles. The molecule has 0 atom stereocenters. The number of rotatable bonds is 3. The summed E-state index contributed by atoms with van der Waals surface area (Å²) < 4.78 is 0. The molecule has 0 bridgehead atoms. The molecule has 3 nitrogen and oxygen atoms in total. The van der Waals surface area contributed by atoms with Gasteiger partial charge in [-0.3, -0.25) is 4.79 Å². The lowest BCUT2D eigenvalue weighted by Crippen LogP contribution is -2.13. The lowest BCUT2D eigenvalue weighted by atomic mass is 10.1. The van der Waals surface area contributed by atoms with Gasteiger partial charge in [-0.25, -0.2) is 0 Å². The van der Waals surface area contributed by atoms with Gasteiger partial charge in [0, 0.05) is 10.4 Å². The smallest absolute Gasteiger partial charge is 0.255 e. The fraction of sp³-hybridized carbons (Fsp3) is 0. The summed E-state index contributed by atoms with van der Waals surface area (Å²) in [7, 11) is 0. The Hall–Kier alpha value is -3.11. The summed E-state index contributed by atoms with van der Waals surface area (Å²) in [6.45, 7) is 0. The highest BCUT2D eigenvalue weighted by Crippen LogP contribution is 2.30. The quantitative estimate of drug-likeness (QED) is 0.489. The molecule has 0 spiro atoms. The minimum Gasteiger partial charge on any atom is -0.397 e. The maximum absolute atomic E-state index is 12.6. The molecule has 122 valence electrons. The summed E-state index contributed by atoms with van der Waals surface area (Å²) in [6, 6.07) is 23.4. The number of carbonyl (C=O) groups is 1. The lowest BCUT2D eigenvalue weighted by molar-refractivity contribution is 0.102. The third kappa shape index (κ3) is 3.12. The van der Waals surface area contributed by atoms with Gasteiger partial charge in [-0.15, -0.1) is 11.3 Å². The largest absolute Gasteiger partial charge is 0.397 e. The Morgan fingerprint density at radius 2 is 1.72 bits per heavy atom. The van der Waals surface area contributed by atoms with Gasteiger partial charge in [0.25, 0.3) is 5.91 Å². The number of benzene rings is 3. The molecule has 0 aliphatic rings. The molecule has 0 unspecified atom stereocenters. The Morgan fingerprint density at radius 3 is 2.52 bits per heavy atom. The number of hydrogen-bond acceptors (Lipinski definition) is 3. The van der Waals surface area contributed by atoms with E-state index >= 15 is 0 Å². The Bertz CT molecular complexity index is 1050. The molecule has 0 saturated heterocycles. The van der Waals surface area contributed by atoms with Crippen molar-refractivity contribution in [1.29, 1.82) is 0 Å². The summed E-state index contributed by atoms with van der Waals surface area (Å²) >= 11 is 1.65. The van der Waals surface area contributed by atoms with Crippen molar-refractivity contribution < 1.29 is 4.79 Å². The van der Waals surface area contributed by atoms with E-state index in [0.717, 1.165) is 21.2 Å². The predicted molar refractivity (Wildman–Crippen MR) is 106 cm³/mol. The Balaban J connectivity index is 1.64. The van der Waals surface area contributed by atoms with Crippen molar-refractivity contribution >= 4 is 39.4 Å². The number of nitrogen functional groups attached to an aromatic ring is 1. The molecule has 4 rings (SSSR count). The highest BCUT2D eigenvalue weighted by molar-refractivity contribution is 7.13. The van der Waals surface area contributed by atoms with Gasteiger partial charge in [0.15, 0.2) is 0 Å². The molecule has 0 aliphatic heterocycles. The molecule has 1 heterocycles. The molecular formula is C21H16N2OS. The zero-order chi connectivity index (χ0) is 17.2. The van der Waals surface area contributed by atoms with E-state index in [9.17, 15) is 4.79 Å². The molecular weight excluding hydrogens is 328 g/mol. The van der Waals surface area contributed by atoms with Gasteiger partial charge in [-0.05, 0) is 52.0 Å². The first-order valence-corrected chi connectivity index (χ1v) is 8.82.